The molecule has 2 rings (SSSR count). The molecule has 1 aromatic rings. The molecule has 1 amide bonds. The molecule has 1 unspecified atom stereocenters. The number of rotatable bonds is 3. The molecule has 8 heteroatoms. The Morgan fingerprint density at radius 3 is 2.94 bits per heavy atom. The lowest BCUT2D eigenvalue weighted by Gasteiger charge is -2.23. The molecule has 2 heterocycles. The van der Waals surface area contributed by atoms with Crippen LogP contribution in [-0.2, 0) is 4.79 Å². The van der Waals surface area contributed by atoms with Crippen molar-refractivity contribution in [2.75, 3.05) is 19.0 Å². The van der Waals surface area contributed by atoms with Crippen molar-refractivity contribution in [2.24, 2.45) is 0 Å². The maximum absolute atomic E-state index is 11.0. The minimum absolute atomic E-state index is 0.0642. The summed E-state index contributed by atoms with van der Waals surface area (Å²) in [6.45, 7) is 0.546. The van der Waals surface area contributed by atoms with E-state index >= 15 is 0 Å². The summed E-state index contributed by atoms with van der Waals surface area (Å²) in [5.74, 6) is 0.414. The molecule has 92 valence electrons. The minimum Gasteiger partial charge on any atom is -0.467 e. The molecule has 17 heavy (non-hydrogen) atoms. The van der Waals surface area contributed by atoms with Crippen LogP contribution in [0.1, 0.15) is 12.8 Å². The maximum Gasteiger partial charge on any atom is 0.322 e. The Hall–Kier alpha value is -1.63. The lowest BCUT2D eigenvalue weighted by atomic mass is 10.1. The molecule has 1 atom stereocenters. The average molecular weight is 258 g/mol. The summed E-state index contributed by atoms with van der Waals surface area (Å²) in [6, 6.07) is 0.253. The summed E-state index contributed by atoms with van der Waals surface area (Å²) in [6.07, 6.45) is 1.23. The van der Waals surface area contributed by atoms with Gasteiger partial charge in [0, 0.05) is 19.0 Å². The van der Waals surface area contributed by atoms with Crippen LogP contribution in [0.25, 0.3) is 0 Å². The Kier molecular flexibility index (Phi) is 3.58. The maximum atomic E-state index is 11.0. The molecule has 7 nitrogen and oxygen atoms in total. The molecule has 0 aliphatic carbocycles. The number of anilines is 1. The van der Waals surface area contributed by atoms with Crippen LogP contribution < -0.4 is 15.4 Å². The SMILES string of the molecule is COc1nc(Cl)nc(NC2CCC(=O)NC2)n1. The zero-order valence-electron chi connectivity index (χ0n) is 9.23. The molecular formula is C9H12ClN5O2. The molecule has 1 saturated heterocycles. The van der Waals surface area contributed by atoms with Crippen molar-refractivity contribution in [3.05, 3.63) is 5.28 Å². The van der Waals surface area contributed by atoms with E-state index in [-0.39, 0.29) is 23.2 Å². The van der Waals surface area contributed by atoms with Crippen molar-refractivity contribution < 1.29 is 9.53 Å². The highest BCUT2D eigenvalue weighted by atomic mass is 35.5. The summed E-state index contributed by atoms with van der Waals surface area (Å²) < 4.78 is 4.89. The second kappa shape index (κ2) is 5.13. The van der Waals surface area contributed by atoms with E-state index in [2.05, 4.69) is 25.6 Å². The fraction of sp³-hybridized carbons (Fsp3) is 0.556. The summed E-state index contributed by atoms with van der Waals surface area (Å²) in [7, 11) is 1.45. The van der Waals surface area contributed by atoms with Crippen molar-refractivity contribution >= 4 is 23.5 Å². The number of aromatic nitrogens is 3. The first kappa shape index (κ1) is 11.8. The number of carbonyl (C=O) groups is 1. The molecule has 0 radical (unpaired) electrons. The molecule has 0 aromatic carbocycles. The van der Waals surface area contributed by atoms with E-state index < -0.39 is 0 Å². The number of ether oxygens (including phenoxy) is 1. The monoisotopic (exact) mass is 257 g/mol. The van der Waals surface area contributed by atoms with Crippen molar-refractivity contribution in [1.82, 2.24) is 20.3 Å². The van der Waals surface area contributed by atoms with Gasteiger partial charge in [0.25, 0.3) is 0 Å². The third-order valence-electron chi connectivity index (χ3n) is 2.37. The van der Waals surface area contributed by atoms with E-state index in [0.29, 0.717) is 18.9 Å². The van der Waals surface area contributed by atoms with Crippen LogP contribution in [0.3, 0.4) is 0 Å². The van der Waals surface area contributed by atoms with Crippen LogP contribution in [0.5, 0.6) is 6.01 Å². The van der Waals surface area contributed by atoms with Gasteiger partial charge in [-0.25, -0.2) is 0 Å². The standard InChI is InChI=1S/C9H12ClN5O2/c1-17-9-14-7(10)13-8(15-9)12-5-2-3-6(16)11-4-5/h5H,2-4H2,1H3,(H,11,16)(H,12,13,14,15). The van der Waals surface area contributed by atoms with Crippen LogP contribution in [-0.4, -0.2) is 40.6 Å². The summed E-state index contributed by atoms with van der Waals surface area (Å²) in [4.78, 5) is 22.7. The van der Waals surface area contributed by atoms with Gasteiger partial charge in [0.15, 0.2) is 0 Å². The Bertz CT molecular complexity index is 418. The van der Waals surface area contributed by atoms with E-state index in [9.17, 15) is 4.79 Å². The van der Waals surface area contributed by atoms with E-state index in [0.717, 1.165) is 6.42 Å². The van der Waals surface area contributed by atoms with Gasteiger partial charge in [-0.15, -0.1) is 0 Å². The molecule has 1 aliphatic heterocycles. The first-order valence-electron chi connectivity index (χ1n) is 5.16. The van der Waals surface area contributed by atoms with E-state index in [1.807, 2.05) is 0 Å². The highest BCUT2D eigenvalue weighted by Gasteiger charge is 2.19. The number of methoxy groups -OCH3 is 1. The summed E-state index contributed by atoms with van der Waals surface area (Å²) in [5.41, 5.74) is 0. The van der Waals surface area contributed by atoms with Gasteiger partial charge in [0.05, 0.1) is 7.11 Å². The minimum atomic E-state index is 0.0642. The number of carbonyl (C=O) groups excluding carboxylic acids is 1. The van der Waals surface area contributed by atoms with Crippen LogP contribution in [0.15, 0.2) is 0 Å². The van der Waals surface area contributed by atoms with Crippen LogP contribution in [0, 0.1) is 0 Å². The molecule has 1 aromatic heterocycles. The second-order valence-corrected chi connectivity index (χ2v) is 3.94. The van der Waals surface area contributed by atoms with Gasteiger partial charge in [-0.2, -0.15) is 15.0 Å². The normalized spacial score (nSPS) is 19.6. The largest absolute Gasteiger partial charge is 0.467 e. The van der Waals surface area contributed by atoms with Crippen molar-refractivity contribution in [1.29, 1.82) is 0 Å². The Labute approximate surface area is 103 Å². The zero-order chi connectivity index (χ0) is 12.3. The number of halogens is 1. The first-order chi connectivity index (χ1) is 8.17. The Morgan fingerprint density at radius 2 is 2.29 bits per heavy atom. The Morgan fingerprint density at radius 1 is 1.47 bits per heavy atom. The topological polar surface area (TPSA) is 89.0 Å². The number of amides is 1. The van der Waals surface area contributed by atoms with Gasteiger partial charge < -0.3 is 15.4 Å². The molecule has 1 aliphatic rings. The average Bonchev–Trinajstić information content (AvgIpc) is 2.31. The molecule has 0 spiro atoms. The Balaban J connectivity index is 2.02. The third kappa shape index (κ3) is 3.16. The second-order valence-electron chi connectivity index (χ2n) is 3.60. The van der Waals surface area contributed by atoms with E-state index in [1.165, 1.54) is 7.11 Å². The van der Waals surface area contributed by atoms with Gasteiger partial charge in [0.2, 0.25) is 17.1 Å². The van der Waals surface area contributed by atoms with Gasteiger partial charge in [-0.05, 0) is 18.0 Å². The molecular weight excluding hydrogens is 246 g/mol. The number of nitrogens with one attached hydrogen (secondary N) is 2. The van der Waals surface area contributed by atoms with Gasteiger partial charge in [-0.1, -0.05) is 0 Å². The quantitative estimate of drug-likeness (QED) is 0.806. The highest BCUT2D eigenvalue weighted by molar-refractivity contribution is 6.28. The van der Waals surface area contributed by atoms with Crippen molar-refractivity contribution in [3.63, 3.8) is 0 Å². The molecule has 0 saturated carbocycles. The van der Waals surface area contributed by atoms with Crippen molar-refractivity contribution in [2.45, 2.75) is 18.9 Å². The predicted molar refractivity (Wildman–Crippen MR) is 61.0 cm³/mol. The van der Waals surface area contributed by atoms with Gasteiger partial charge in [0.1, 0.15) is 0 Å². The van der Waals surface area contributed by atoms with Gasteiger partial charge >= 0.3 is 6.01 Å². The number of hydrogen-bond donors (Lipinski definition) is 2. The fourth-order valence-electron chi connectivity index (χ4n) is 1.53. The van der Waals surface area contributed by atoms with Gasteiger partial charge in [-0.3, -0.25) is 4.79 Å². The third-order valence-corrected chi connectivity index (χ3v) is 2.54. The van der Waals surface area contributed by atoms with Crippen LogP contribution in [0.2, 0.25) is 5.28 Å². The van der Waals surface area contributed by atoms with Crippen LogP contribution >= 0.6 is 11.6 Å². The first-order valence-corrected chi connectivity index (χ1v) is 5.54. The van der Waals surface area contributed by atoms with Crippen molar-refractivity contribution in [3.8, 4) is 6.01 Å². The number of piperidine rings is 1. The summed E-state index contributed by atoms with van der Waals surface area (Å²) in [5, 5.41) is 5.90. The smallest absolute Gasteiger partial charge is 0.322 e. The van der Waals surface area contributed by atoms with Crippen LogP contribution in [0.4, 0.5) is 5.95 Å². The highest BCUT2D eigenvalue weighted by Crippen LogP contribution is 2.13. The summed E-state index contributed by atoms with van der Waals surface area (Å²) >= 11 is 5.72. The molecule has 0 bridgehead atoms. The van der Waals surface area contributed by atoms with E-state index in [1.54, 1.807) is 0 Å². The number of nitrogens with zero attached hydrogens (tertiary/aromatic N) is 3. The zero-order valence-corrected chi connectivity index (χ0v) is 9.99. The molecule has 2 N–H and O–H groups in total. The number of hydrogen-bond acceptors (Lipinski definition) is 6. The lowest BCUT2D eigenvalue weighted by molar-refractivity contribution is -0.122. The predicted octanol–water partition coefficient (Wildman–Crippen LogP) is 0.224. The molecule has 1 fully saturated rings. The lowest BCUT2D eigenvalue weighted by Crippen LogP contribution is -2.42. The van der Waals surface area contributed by atoms with E-state index in [4.69, 9.17) is 16.3 Å². The fourth-order valence-corrected chi connectivity index (χ4v) is 1.68.